The summed E-state index contributed by atoms with van der Waals surface area (Å²) >= 11 is 0. The molecule has 0 aliphatic carbocycles. The summed E-state index contributed by atoms with van der Waals surface area (Å²) in [7, 11) is 3.43. The van der Waals surface area contributed by atoms with E-state index in [1.165, 1.54) is 12.7 Å². The Labute approximate surface area is 317 Å². The van der Waals surface area contributed by atoms with Gasteiger partial charge in [-0.15, -0.1) is 0 Å². The first kappa shape index (κ1) is 38.4. The third-order valence-electron chi connectivity index (χ3n) is 9.86. The zero-order valence-corrected chi connectivity index (χ0v) is 31.1. The van der Waals surface area contributed by atoms with Gasteiger partial charge in [0.05, 0.1) is 25.9 Å². The number of rotatable bonds is 14. The van der Waals surface area contributed by atoms with Gasteiger partial charge in [-0.2, -0.15) is 0 Å². The molecule has 1 saturated heterocycles. The van der Waals surface area contributed by atoms with Crippen LogP contribution in [0.25, 0.3) is 11.1 Å². The van der Waals surface area contributed by atoms with Crippen molar-refractivity contribution in [2.45, 2.75) is 57.6 Å². The van der Waals surface area contributed by atoms with Crippen LogP contribution in [0.4, 0.5) is 4.79 Å². The lowest BCUT2D eigenvalue weighted by atomic mass is 9.90. The third kappa shape index (κ3) is 10.2. The number of likely N-dealkylation sites (N-methyl/N-ethyl adjacent to an activating group) is 1. The van der Waals surface area contributed by atoms with Crippen LogP contribution < -0.4 is 10.6 Å². The van der Waals surface area contributed by atoms with Gasteiger partial charge >= 0.3 is 12.0 Å². The molecule has 5 aromatic rings. The summed E-state index contributed by atoms with van der Waals surface area (Å²) < 4.78 is 18.5. The van der Waals surface area contributed by atoms with E-state index in [4.69, 9.17) is 14.2 Å². The highest BCUT2D eigenvalue weighted by molar-refractivity contribution is 5.83. The molecule has 6 rings (SSSR count). The van der Waals surface area contributed by atoms with Gasteiger partial charge in [-0.1, -0.05) is 128 Å². The standard InChI is InChI=1S/C45H49N3O6/c1-31-41(29-48(2)28-33-14-8-5-9-15-33)53-44(54-42(31)36-22-20-34(30-49)21-23-36)39-19-11-18-38(26-39)37-17-10-16-35(24-37)27-46-45(51)47-40(43(50)52-3)25-32-12-6-4-7-13-32/h4-24,26,31,40-42,44,49H,25,27-30H2,1-3H3,(H2,46,47,51)/t31-,40+,41+,42+,44+/m1/s1. The van der Waals surface area contributed by atoms with Crippen LogP contribution in [-0.4, -0.2) is 54.9 Å². The number of methoxy groups -OCH3 is 1. The molecule has 5 aromatic carbocycles. The van der Waals surface area contributed by atoms with Gasteiger partial charge < -0.3 is 30.0 Å². The number of hydrogen-bond acceptors (Lipinski definition) is 7. The van der Waals surface area contributed by atoms with Gasteiger partial charge in [-0.3, -0.25) is 4.90 Å². The lowest BCUT2D eigenvalue weighted by molar-refractivity contribution is -0.276. The average Bonchev–Trinajstić information content (AvgIpc) is 3.21. The van der Waals surface area contributed by atoms with Crippen molar-refractivity contribution in [3.63, 3.8) is 0 Å². The predicted octanol–water partition coefficient (Wildman–Crippen LogP) is 7.35. The van der Waals surface area contributed by atoms with Crippen molar-refractivity contribution in [3.8, 4) is 11.1 Å². The Morgan fingerprint density at radius 2 is 1.41 bits per heavy atom. The molecule has 1 aliphatic heterocycles. The van der Waals surface area contributed by atoms with E-state index < -0.39 is 24.3 Å². The molecular weight excluding hydrogens is 679 g/mol. The quantitative estimate of drug-likeness (QED) is 0.103. The van der Waals surface area contributed by atoms with Gasteiger partial charge in [0, 0.05) is 37.5 Å². The molecule has 0 unspecified atom stereocenters. The second-order valence-electron chi connectivity index (χ2n) is 13.9. The summed E-state index contributed by atoms with van der Waals surface area (Å²) in [6.07, 6.45) is -0.619. The number of urea groups is 1. The maximum absolute atomic E-state index is 12.9. The second-order valence-corrected chi connectivity index (χ2v) is 13.9. The van der Waals surface area contributed by atoms with Crippen LogP contribution in [0.1, 0.15) is 52.7 Å². The Hall–Kier alpha value is -5.32. The van der Waals surface area contributed by atoms with E-state index in [0.717, 1.165) is 52.0 Å². The fourth-order valence-electron chi connectivity index (χ4n) is 6.90. The van der Waals surface area contributed by atoms with E-state index in [9.17, 15) is 14.7 Å². The number of aliphatic hydroxyl groups excluding tert-OH is 1. The lowest BCUT2D eigenvalue weighted by Gasteiger charge is -2.42. The maximum Gasteiger partial charge on any atom is 0.328 e. The molecule has 9 nitrogen and oxygen atoms in total. The molecule has 0 spiro atoms. The van der Waals surface area contributed by atoms with Gasteiger partial charge in [0.25, 0.3) is 0 Å². The predicted molar refractivity (Wildman–Crippen MR) is 209 cm³/mol. The molecule has 0 radical (unpaired) electrons. The number of esters is 1. The Morgan fingerprint density at radius 1 is 0.759 bits per heavy atom. The van der Waals surface area contributed by atoms with E-state index in [0.29, 0.717) is 6.42 Å². The summed E-state index contributed by atoms with van der Waals surface area (Å²) in [4.78, 5) is 27.6. The highest BCUT2D eigenvalue weighted by Crippen LogP contribution is 2.42. The van der Waals surface area contributed by atoms with E-state index >= 15 is 0 Å². The molecule has 2 amide bonds. The Morgan fingerprint density at radius 3 is 2.09 bits per heavy atom. The van der Waals surface area contributed by atoms with E-state index in [-0.39, 0.29) is 31.3 Å². The van der Waals surface area contributed by atoms with E-state index in [2.05, 4.69) is 65.9 Å². The van der Waals surface area contributed by atoms with Gasteiger partial charge in [0.15, 0.2) is 6.29 Å². The zero-order valence-electron chi connectivity index (χ0n) is 31.1. The van der Waals surface area contributed by atoms with Crippen molar-refractivity contribution in [1.29, 1.82) is 0 Å². The minimum atomic E-state index is -0.818. The van der Waals surface area contributed by atoms with Gasteiger partial charge in [-0.25, -0.2) is 9.59 Å². The summed E-state index contributed by atoms with van der Waals surface area (Å²) in [5, 5.41) is 15.3. The Kier molecular flexibility index (Phi) is 13.2. The maximum atomic E-state index is 12.9. The van der Waals surface area contributed by atoms with Gasteiger partial charge in [0.1, 0.15) is 6.04 Å². The molecule has 0 aromatic heterocycles. The van der Waals surface area contributed by atoms with Crippen molar-refractivity contribution in [2.24, 2.45) is 5.92 Å². The van der Waals surface area contributed by atoms with Crippen LogP contribution in [0, 0.1) is 5.92 Å². The molecule has 0 saturated carbocycles. The molecule has 9 heteroatoms. The van der Waals surface area contributed by atoms with Crippen LogP contribution in [-0.2, 0) is 45.1 Å². The highest BCUT2D eigenvalue weighted by Gasteiger charge is 2.39. The van der Waals surface area contributed by atoms with Crippen molar-refractivity contribution in [1.82, 2.24) is 15.5 Å². The Balaban J connectivity index is 1.16. The van der Waals surface area contributed by atoms with Crippen LogP contribution in [0.3, 0.4) is 0 Å². The van der Waals surface area contributed by atoms with Crippen LogP contribution in [0.15, 0.2) is 133 Å². The number of carbonyl (C=O) groups is 2. The average molecular weight is 728 g/mol. The monoisotopic (exact) mass is 727 g/mol. The largest absolute Gasteiger partial charge is 0.467 e. The molecule has 280 valence electrons. The van der Waals surface area contributed by atoms with Gasteiger partial charge in [0.2, 0.25) is 0 Å². The first-order chi connectivity index (χ1) is 26.3. The molecule has 3 N–H and O–H groups in total. The smallest absolute Gasteiger partial charge is 0.328 e. The molecule has 1 heterocycles. The van der Waals surface area contributed by atoms with Crippen molar-refractivity contribution in [3.05, 3.63) is 167 Å². The number of carbonyl (C=O) groups excluding carboxylic acids is 2. The van der Waals surface area contributed by atoms with Crippen molar-refractivity contribution in [2.75, 3.05) is 20.7 Å². The fraction of sp³-hybridized carbons (Fsp3) is 0.289. The summed E-state index contributed by atoms with van der Waals surface area (Å²) in [5.74, 6) is -0.446. The van der Waals surface area contributed by atoms with Crippen molar-refractivity contribution >= 4 is 12.0 Å². The number of ether oxygens (including phenoxy) is 3. The molecule has 54 heavy (non-hydrogen) atoms. The SMILES string of the molecule is COC(=O)[C@H](Cc1ccccc1)NC(=O)NCc1cccc(-c2cccc([C@H]3O[C@@H](CN(C)Cc4ccccc4)[C@@H](C)[C@@H](c4ccc(CO)cc4)O3)c2)c1. The van der Waals surface area contributed by atoms with E-state index in [1.807, 2.05) is 97.1 Å². The van der Waals surface area contributed by atoms with Gasteiger partial charge in [-0.05, 0) is 58.1 Å². The zero-order chi connectivity index (χ0) is 37.9. The van der Waals surface area contributed by atoms with Crippen molar-refractivity contribution < 1.29 is 28.9 Å². The highest BCUT2D eigenvalue weighted by atomic mass is 16.7. The van der Waals surface area contributed by atoms with Crippen LogP contribution in [0.2, 0.25) is 0 Å². The summed E-state index contributed by atoms with van der Waals surface area (Å²) in [6, 6.07) is 42.8. The topological polar surface area (TPSA) is 109 Å². The second kappa shape index (κ2) is 18.6. The molecule has 5 atom stereocenters. The first-order valence-corrected chi connectivity index (χ1v) is 18.4. The summed E-state index contributed by atoms with van der Waals surface area (Å²) in [6.45, 7) is 3.95. The van der Waals surface area contributed by atoms with Crippen LogP contribution in [0.5, 0.6) is 0 Å². The normalized spacial score (nSPS) is 18.8. The fourth-order valence-corrected chi connectivity index (χ4v) is 6.90. The number of benzene rings is 5. The molecule has 0 bridgehead atoms. The minimum Gasteiger partial charge on any atom is -0.467 e. The lowest BCUT2D eigenvalue weighted by Crippen LogP contribution is -2.47. The first-order valence-electron chi connectivity index (χ1n) is 18.4. The minimum absolute atomic E-state index is 0.0120. The molecular formula is C45H49N3O6. The van der Waals surface area contributed by atoms with E-state index in [1.54, 1.807) is 0 Å². The number of aliphatic hydroxyl groups is 1. The molecule has 1 fully saturated rings. The number of amides is 2. The number of hydrogen-bond donors (Lipinski definition) is 3. The number of nitrogens with zero attached hydrogens (tertiary/aromatic N) is 1. The Bertz CT molecular complexity index is 1960. The van der Waals surface area contributed by atoms with Crippen LogP contribution >= 0.6 is 0 Å². The molecule has 1 aliphatic rings. The summed E-state index contributed by atoms with van der Waals surface area (Å²) in [5.41, 5.74) is 7.83. The number of nitrogens with one attached hydrogen (secondary N) is 2. The third-order valence-corrected chi connectivity index (χ3v) is 9.86.